The fourth-order valence-corrected chi connectivity index (χ4v) is 6.82. The summed E-state index contributed by atoms with van der Waals surface area (Å²) in [7, 11) is 0. The third-order valence-electron chi connectivity index (χ3n) is 8.88. The Hall–Kier alpha value is -6.44. The van der Waals surface area contributed by atoms with Gasteiger partial charge in [0, 0.05) is 21.9 Å². The van der Waals surface area contributed by atoms with Crippen LogP contribution in [0.1, 0.15) is 24.7 Å². The molecule has 0 fully saturated rings. The SMILES string of the molecule is [2H]c1c([2H])c([2H])c(-c2ccc3c(c2)oc2c(-c4c5c([2H])c([2H])c([2H])c([2H])c5c(-c5c(-c6c([2H])c([2H])c([2H])c([2H])c6[2H])ccc6ccccc56)c5c([2H])c([2H])c([2H])c([2H])c45)cccc23)c([2H])c1[2H]. The Bertz CT molecular complexity index is 3770. The number of para-hydroxylation sites is 1. The lowest BCUT2D eigenvalue weighted by Gasteiger charge is -2.21. The molecule has 1 aromatic heterocycles. The van der Waals surface area contributed by atoms with E-state index in [9.17, 15) is 5.48 Å². The van der Waals surface area contributed by atoms with Crippen molar-refractivity contribution in [2.24, 2.45) is 0 Å². The van der Waals surface area contributed by atoms with Crippen molar-refractivity contribution in [1.82, 2.24) is 0 Å². The summed E-state index contributed by atoms with van der Waals surface area (Å²) in [4.78, 5) is 0. The first kappa shape index (κ1) is 15.2. The number of fused-ring (bicyclic) bond motifs is 6. The summed E-state index contributed by atoms with van der Waals surface area (Å²) in [6.07, 6.45) is 0. The quantitative estimate of drug-likeness (QED) is 0.174. The van der Waals surface area contributed by atoms with Crippen LogP contribution in [0, 0.1) is 0 Å². The summed E-state index contributed by atoms with van der Waals surface area (Å²) in [6.45, 7) is 0. The fraction of sp³-hybridized carbons (Fsp3) is 0. The van der Waals surface area contributed by atoms with E-state index in [0.717, 1.165) is 0 Å². The second-order valence-electron chi connectivity index (χ2n) is 11.5. The van der Waals surface area contributed by atoms with Gasteiger partial charge in [0.05, 0.1) is 24.7 Å². The second kappa shape index (κ2) is 11.1. The lowest BCUT2D eigenvalue weighted by atomic mass is 9.82. The van der Waals surface area contributed by atoms with Crippen LogP contribution in [-0.2, 0) is 0 Å². The largest absolute Gasteiger partial charge is 0.455 e. The molecule has 0 unspecified atom stereocenters. The van der Waals surface area contributed by atoms with Crippen molar-refractivity contribution in [2.45, 2.75) is 0 Å². The van der Waals surface area contributed by atoms with E-state index in [2.05, 4.69) is 0 Å². The van der Waals surface area contributed by atoms with E-state index in [4.69, 9.17) is 23.6 Å². The van der Waals surface area contributed by atoms with Crippen molar-refractivity contribution in [3.8, 4) is 44.5 Å². The monoisotopic (exact) mass is 640 g/mol. The van der Waals surface area contributed by atoms with Gasteiger partial charge in [0.1, 0.15) is 11.2 Å². The Labute approximate surface area is 309 Å². The minimum atomic E-state index is -0.670. The number of hydrogen-bond acceptors (Lipinski definition) is 1. The molecule has 1 heteroatoms. The zero-order chi connectivity index (χ0) is 48.0. The van der Waals surface area contributed by atoms with Crippen LogP contribution in [0.15, 0.2) is 186 Å². The van der Waals surface area contributed by atoms with Crippen LogP contribution in [0.4, 0.5) is 0 Å². The smallest absolute Gasteiger partial charge is 0.143 e. The number of benzene rings is 9. The highest BCUT2D eigenvalue weighted by atomic mass is 16.3. The Kier molecular flexibility index (Phi) is 3.43. The van der Waals surface area contributed by atoms with Gasteiger partial charge in [-0.3, -0.25) is 0 Å². The molecule has 1 heterocycles. The zero-order valence-corrected chi connectivity index (χ0v) is 25.3. The number of hydrogen-bond donors (Lipinski definition) is 0. The molecule has 9 aromatic carbocycles. The van der Waals surface area contributed by atoms with Gasteiger partial charge in [-0.2, -0.15) is 0 Å². The van der Waals surface area contributed by atoms with Gasteiger partial charge in [0.2, 0.25) is 0 Å². The maximum Gasteiger partial charge on any atom is 0.143 e. The van der Waals surface area contributed by atoms with Crippen LogP contribution in [0.3, 0.4) is 0 Å². The fourth-order valence-electron chi connectivity index (χ4n) is 6.82. The summed E-state index contributed by atoms with van der Waals surface area (Å²) in [5, 5.41) is 1.26. The number of furan rings is 1. The maximum atomic E-state index is 9.63. The van der Waals surface area contributed by atoms with Crippen molar-refractivity contribution in [3.05, 3.63) is 182 Å². The molecule has 0 aliphatic heterocycles. The highest BCUT2D eigenvalue weighted by Gasteiger charge is 2.23. The summed E-state index contributed by atoms with van der Waals surface area (Å²) in [5.74, 6) is 0. The third-order valence-corrected chi connectivity index (χ3v) is 8.88. The van der Waals surface area contributed by atoms with Gasteiger partial charge in [-0.1, -0.05) is 169 Å². The lowest BCUT2D eigenvalue weighted by molar-refractivity contribution is 0.670. The molecule has 0 bridgehead atoms. The summed E-state index contributed by atoms with van der Waals surface area (Å²) >= 11 is 0. The minimum absolute atomic E-state index is 0.0344. The normalized spacial score (nSPS) is 16.8. The lowest BCUT2D eigenvalue weighted by Crippen LogP contribution is -1.94. The Morgan fingerprint density at radius 3 is 1.69 bits per heavy atom. The number of rotatable bonds is 4. The van der Waals surface area contributed by atoms with Crippen LogP contribution in [-0.4, -0.2) is 0 Å². The molecule has 0 aliphatic rings. The van der Waals surface area contributed by atoms with Crippen molar-refractivity contribution in [3.63, 3.8) is 0 Å². The first-order valence-corrected chi connectivity index (χ1v) is 15.4. The van der Waals surface area contributed by atoms with Crippen LogP contribution in [0.2, 0.25) is 0 Å². The van der Waals surface area contributed by atoms with E-state index in [1.54, 1.807) is 60.7 Å². The predicted molar refractivity (Wildman–Crippen MR) is 208 cm³/mol. The van der Waals surface area contributed by atoms with Gasteiger partial charge in [0.25, 0.3) is 0 Å². The molecule has 49 heavy (non-hydrogen) atoms. The standard InChI is InChI=1S/C48H30O/c1-3-14-31(15-4-1)34-27-29-37-42-24-13-25-43(48(42)49-44(37)30-34)45-38-20-9-11-22-40(38)47(41-23-12-10-21-39(41)45)46-35-19-8-7-18-33(35)26-28-36(46)32-16-5-2-6-17-32/h1-30H/i1D,2D,3D,4D,5D,6D,9D,10D,11D,12D,14D,15D,16D,17D,20D,21D,22D,23D. The van der Waals surface area contributed by atoms with Gasteiger partial charge in [0.15, 0.2) is 0 Å². The van der Waals surface area contributed by atoms with E-state index >= 15 is 0 Å². The van der Waals surface area contributed by atoms with E-state index in [-0.39, 0.29) is 77.2 Å². The predicted octanol–water partition coefficient (Wildman–Crippen LogP) is 13.7. The minimum Gasteiger partial charge on any atom is -0.455 e. The third kappa shape index (κ3) is 4.33. The van der Waals surface area contributed by atoms with Gasteiger partial charge in [-0.25, -0.2) is 0 Å². The summed E-state index contributed by atoms with van der Waals surface area (Å²) in [6, 6.07) is 9.33. The summed E-state index contributed by atoms with van der Waals surface area (Å²) < 4.78 is 166. The highest BCUT2D eigenvalue weighted by Crippen LogP contribution is 2.49. The molecule has 0 amide bonds. The van der Waals surface area contributed by atoms with Crippen molar-refractivity contribution < 1.29 is 29.1 Å². The first-order chi connectivity index (χ1) is 31.8. The average molecular weight is 641 g/mol. The molecule has 0 saturated carbocycles. The van der Waals surface area contributed by atoms with Crippen LogP contribution < -0.4 is 0 Å². The zero-order valence-electron chi connectivity index (χ0n) is 43.3. The molecule has 0 saturated heterocycles. The molecular formula is C48H30O. The van der Waals surface area contributed by atoms with Crippen LogP contribution in [0.5, 0.6) is 0 Å². The molecule has 0 N–H and O–H groups in total. The van der Waals surface area contributed by atoms with Gasteiger partial charge >= 0.3 is 0 Å². The molecule has 10 aromatic rings. The summed E-state index contributed by atoms with van der Waals surface area (Å²) in [5.41, 5.74) is 0.459. The molecule has 1 nitrogen and oxygen atoms in total. The Morgan fingerprint density at radius 2 is 0.980 bits per heavy atom. The van der Waals surface area contributed by atoms with Crippen LogP contribution >= 0.6 is 0 Å². The first-order valence-electron chi connectivity index (χ1n) is 24.4. The maximum absolute atomic E-state index is 9.63. The molecule has 10 rings (SSSR count). The van der Waals surface area contributed by atoms with Gasteiger partial charge in [-0.15, -0.1) is 0 Å². The topological polar surface area (TPSA) is 13.1 Å². The van der Waals surface area contributed by atoms with Gasteiger partial charge < -0.3 is 4.42 Å². The molecular weight excluding hydrogens is 593 g/mol. The van der Waals surface area contributed by atoms with E-state index in [0.29, 0.717) is 21.5 Å². The van der Waals surface area contributed by atoms with Crippen molar-refractivity contribution in [2.75, 3.05) is 0 Å². The van der Waals surface area contributed by atoms with E-state index < -0.39 is 109 Å². The van der Waals surface area contributed by atoms with Crippen molar-refractivity contribution in [1.29, 1.82) is 0 Å². The molecule has 0 aliphatic carbocycles. The Balaban J connectivity index is 1.43. The van der Waals surface area contributed by atoms with E-state index in [1.165, 1.54) is 12.1 Å². The van der Waals surface area contributed by atoms with Crippen LogP contribution in [0.25, 0.3) is 98.8 Å². The Morgan fingerprint density at radius 1 is 0.367 bits per heavy atom. The molecule has 0 radical (unpaired) electrons. The van der Waals surface area contributed by atoms with Crippen molar-refractivity contribution >= 4 is 54.3 Å². The van der Waals surface area contributed by atoms with Gasteiger partial charge in [-0.05, 0) is 77.8 Å². The average Bonchev–Trinajstić information content (AvgIpc) is 3.71. The van der Waals surface area contributed by atoms with E-state index in [1.807, 2.05) is 0 Å². The molecule has 0 spiro atoms. The molecule has 0 atom stereocenters. The highest BCUT2D eigenvalue weighted by molar-refractivity contribution is 6.27. The second-order valence-corrected chi connectivity index (χ2v) is 11.5. The molecule has 228 valence electrons.